The Morgan fingerprint density at radius 1 is 0.962 bits per heavy atom. The van der Waals surface area contributed by atoms with Gasteiger partial charge in [-0.1, -0.05) is 48.5 Å². The van der Waals surface area contributed by atoms with Crippen LogP contribution in [0.15, 0.2) is 64.5 Å². The number of guanidine groups is 1. The van der Waals surface area contributed by atoms with Gasteiger partial charge in [-0.15, -0.1) is 24.0 Å². The fourth-order valence-electron chi connectivity index (χ4n) is 2.28. The normalized spacial score (nSPS) is 11.8. The van der Waals surface area contributed by atoms with Gasteiger partial charge in [-0.3, -0.25) is 4.99 Å². The molecular formula is C18H25IN4O2S. The lowest BCUT2D eigenvalue weighted by atomic mass is 10.2. The molecule has 0 unspecified atom stereocenters. The van der Waals surface area contributed by atoms with Crippen LogP contribution >= 0.6 is 24.0 Å². The summed E-state index contributed by atoms with van der Waals surface area (Å²) in [7, 11) is 1.25. The Hall–Kier alpha value is -1.65. The quantitative estimate of drug-likeness (QED) is 0.372. The third-order valence-electron chi connectivity index (χ3n) is 3.70. The Kier molecular flexibility index (Phi) is 9.03. The van der Waals surface area contributed by atoms with Gasteiger partial charge in [0.1, 0.15) is 0 Å². The van der Waals surface area contributed by atoms with E-state index in [-0.39, 0.29) is 24.0 Å². The van der Waals surface area contributed by atoms with E-state index in [4.69, 9.17) is 0 Å². The van der Waals surface area contributed by atoms with Crippen LogP contribution in [0.5, 0.6) is 0 Å². The van der Waals surface area contributed by atoms with Crippen molar-refractivity contribution in [2.75, 3.05) is 21.1 Å². The number of benzene rings is 2. The van der Waals surface area contributed by atoms with Crippen LogP contribution in [0.4, 0.5) is 0 Å². The minimum atomic E-state index is -3.48. The molecule has 2 aromatic carbocycles. The van der Waals surface area contributed by atoms with Crippen molar-refractivity contribution >= 4 is 40.0 Å². The number of sulfonamides is 1. The van der Waals surface area contributed by atoms with Gasteiger partial charge in [-0.2, -0.15) is 0 Å². The van der Waals surface area contributed by atoms with Gasteiger partial charge in [-0.05, 0) is 17.2 Å². The van der Waals surface area contributed by atoms with Crippen LogP contribution in [-0.4, -0.2) is 39.8 Å². The van der Waals surface area contributed by atoms with Crippen LogP contribution in [0, 0.1) is 0 Å². The molecule has 2 aromatic rings. The minimum Gasteiger partial charge on any atom is -0.352 e. The summed E-state index contributed by atoms with van der Waals surface area (Å²) in [5.74, 6) is 0.612. The zero-order chi connectivity index (χ0) is 18.3. The molecular weight excluding hydrogens is 463 g/mol. The average Bonchev–Trinajstić information content (AvgIpc) is 2.63. The first kappa shape index (κ1) is 22.4. The van der Waals surface area contributed by atoms with Crippen LogP contribution in [0.3, 0.4) is 0 Å². The number of nitrogens with one attached hydrogen (secondary N) is 2. The summed E-state index contributed by atoms with van der Waals surface area (Å²) in [6, 6.07) is 17.0. The predicted octanol–water partition coefficient (Wildman–Crippen LogP) is 2.42. The molecule has 0 bridgehead atoms. The van der Waals surface area contributed by atoms with Crippen LogP contribution in [-0.2, 0) is 23.1 Å². The molecule has 0 amide bonds. The maximum absolute atomic E-state index is 12.4. The average molecular weight is 488 g/mol. The SMILES string of the molecule is CN=C(NCc1ccccc1)NCc1ccccc1S(=O)(=O)N(C)C.I. The van der Waals surface area contributed by atoms with Gasteiger partial charge in [0.05, 0.1) is 4.90 Å². The molecule has 0 radical (unpaired) electrons. The molecule has 0 aliphatic heterocycles. The van der Waals surface area contributed by atoms with E-state index >= 15 is 0 Å². The largest absolute Gasteiger partial charge is 0.352 e. The molecule has 26 heavy (non-hydrogen) atoms. The highest BCUT2D eigenvalue weighted by molar-refractivity contribution is 14.0. The first-order valence-corrected chi connectivity index (χ1v) is 9.38. The standard InChI is InChI=1S/C18H24N4O2S.HI/c1-19-18(20-13-15-9-5-4-6-10-15)21-14-16-11-7-8-12-17(16)25(23,24)22(2)3;/h4-12H,13-14H2,1-3H3,(H2,19,20,21);1H. The van der Waals surface area contributed by atoms with E-state index in [2.05, 4.69) is 15.6 Å². The molecule has 2 rings (SSSR count). The van der Waals surface area contributed by atoms with Crippen molar-refractivity contribution < 1.29 is 8.42 Å². The number of halogens is 1. The van der Waals surface area contributed by atoms with E-state index in [0.717, 1.165) is 5.56 Å². The molecule has 0 aromatic heterocycles. The number of aliphatic imine (C=N–C) groups is 1. The van der Waals surface area contributed by atoms with Gasteiger partial charge < -0.3 is 10.6 Å². The number of hydrogen-bond donors (Lipinski definition) is 2. The Morgan fingerprint density at radius 3 is 2.15 bits per heavy atom. The zero-order valence-electron chi connectivity index (χ0n) is 15.1. The van der Waals surface area contributed by atoms with E-state index in [1.807, 2.05) is 36.4 Å². The van der Waals surface area contributed by atoms with E-state index in [1.54, 1.807) is 25.2 Å². The lowest BCUT2D eigenvalue weighted by Gasteiger charge is -2.17. The topological polar surface area (TPSA) is 73.8 Å². The van der Waals surface area contributed by atoms with Gasteiger partial charge in [0, 0.05) is 34.2 Å². The fourth-order valence-corrected chi connectivity index (χ4v) is 3.39. The number of hydrogen-bond acceptors (Lipinski definition) is 3. The molecule has 2 N–H and O–H groups in total. The lowest BCUT2D eigenvalue weighted by molar-refractivity contribution is 0.519. The Bertz CT molecular complexity index is 824. The van der Waals surface area contributed by atoms with Crippen molar-refractivity contribution in [1.82, 2.24) is 14.9 Å². The number of rotatable bonds is 6. The summed E-state index contributed by atoms with van der Waals surface area (Å²) in [4.78, 5) is 4.48. The zero-order valence-corrected chi connectivity index (χ0v) is 18.3. The Morgan fingerprint density at radius 2 is 1.54 bits per heavy atom. The summed E-state index contributed by atoms with van der Waals surface area (Å²) in [6.45, 7) is 0.996. The van der Waals surface area contributed by atoms with Crippen molar-refractivity contribution in [3.05, 3.63) is 65.7 Å². The van der Waals surface area contributed by atoms with Crippen LogP contribution in [0.2, 0.25) is 0 Å². The van der Waals surface area contributed by atoms with E-state index in [9.17, 15) is 8.42 Å². The predicted molar refractivity (Wildman–Crippen MR) is 116 cm³/mol. The third kappa shape index (κ3) is 5.96. The van der Waals surface area contributed by atoms with Gasteiger partial charge >= 0.3 is 0 Å². The molecule has 0 saturated carbocycles. The van der Waals surface area contributed by atoms with Crippen molar-refractivity contribution in [3.8, 4) is 0 Å². The highest BCUT2D eigenvalue weighted by Gasteiger charge is 2.20. The first-order chi connectivity index (χ1) is 11.9. The molecule has 0 aliphatic carbocycles. The summed E-state index contributed by atoms with van der Waals surface area (Å²) in [5, 5.41) is 6.38. The van der Waals surface area contributed by atoms with Crippen molar-refractivity contribution in [1.29, 1.82) is 0 Å². The Balaban J connectivity index is 0.00000338. The third-order valence-corrected chi connectivity index (χ3v) is 5.62. The van der Waals surface area contributed by atoms with Gasteiger partial charge in [0.25, 0.3) is 0 Å². The first-order valence-electron chi connectivity index (χ1n) is 7.94. The minimum absolute atomic E-state index is 0. The molecule has 6 nitrogen and oxygen atoms in total. The molecule has 0 atom stereocenters. The molecule has 0 aliphatic rings. The maximum Gasteiger partial charge on any atom is 0.242 e. The van der Waals surface area contributed by atoms with E-state index in [0.29, 0.717) is 29.5 Å². The van der Waals surface area contributed by atoms with Gasteiger partial charge in [-0.25, -0.2) is 12.7 Å². The molecule has 142 valence electrons. The second-order valence-electron chi connectivity index (χ2n) is 5.66. The lowest BCUT2D eigenvalue weighted by Crippen LogP contribution is -2.36. The monoisotopic (exact) mass is 488 g/mol. The van der Waals surface area contributed by atoms with Crippen LogP contribution in [0.1, 0.15) is 11.1 Å². The highest BCUT2D eigenvalue weighted by Crippen LogP contribution is 2.18. The summed E-state index contributed by atoms with van der Waals surface area (Å²) in [6.07, 6.45) is 0. The molecule has 0 spiro atoms. The summed E-state index contributed by atoms with van der Waals surface area (Å²) < 4.78 is 26.1. The smallest absolute Gasteiger partial charge is 0.242 e. The van der Waals surface area contributed by atoms with E-state index in [1.165, 1.54) is 18.4 Å². The molecule has 0 saturated heterocycles. The second-order valence-corrected chi connectivity index (χ2v) is 7.78. The fraction of sp³-hybridized carbons (Fsp3) is 0.278. The van der Waals surface area contributed by atoms with Crippen LogP contribution in [0.25, 0.3) is 0 Å². The van der Waals surface area contributed by atoms with Crippen molar-refractivity contribution in [2.24, 2.45) is 4.99 Å². The molecule has 0 heterocycles. The highest BCUT2D eigenvalue weighted by atomic mass is 127. The van der Waals surface area contributed by atoms with Gasteiger partial charge in [0.15, 0.2) is 5.96 Å². The number of nitrogens with zero attached hydrogens (tertiary/aromatic N) is 2. The van der Waals surface area contributed by atoms with Crippen molar-refractivity contribution in [3.63, 3.8) is 0 Å². The molecule has 8 heteroatoms. The van der Waals surface area contributed by atoms with Gasteiger partial charge in [0.2, 0.25) is 10.0 Å². The Labute approximate surface area is 172 Å². The van der Waals surface area contributed by atoms with Crippen molar-refractivity contribution in [2.45, 2.75) is 18.0 Å². The summed E-state index contributed by atoms with van der Waals surface area (Å²) >= 11 is 0. The second kappa shape index (κ2) is 10.5. The summed E-state index contributed by atoms with van der Waals surface area (Å²) in [5.41, 5.74) is 1.83. The molecule has 0 fully saturated rings. The maximum atomic E-state index is 12.4. The van der Waals surface area contributed by atoms with E-state index < -0.39 is 10.0 Å². The van der Waals surface area contributed by atoms with Crippen LogP contribution < -0.4 is 10.6 Å².